The van der Waals surface area contributed by atoms with Crippen molar-refractivity contribution >= 4 is 17.4 Å². The van der Waals surface area contributed by atoms with Crippen LogP contribution in [0.5, 0.6) is 5.75 Å². The zero-order chi connectivity index (χ0) is 15.9. The summed E-state index contributed by atoms with van der Waals surface area (Å²) >= 11 is 0. The molecule has 2 aromatic rings. The summed E-state index contributed by atoms with van der Waals surface area (Å²) < 4.78 is 31.8. The summed E-state index contributed by atoms with van der Waals surface area (Å²) in [6.45, 7) is 2.49. The first kappa shape index (κ1) is 15.8. The average Bonchev–Trinajstić information content (AvgIpc) is 2.49. The predicted molar refractivity (Wildman–Crippen MR) is 81.2 cm³/mol. The Morgan fingerprint density at radius 3 is 2.55 bits per heavy atom. The summed E-state index contributed by atoms with van der Waals surface area (Å²) in [7, 11) is 0. The molecule has 2 N–H and O–H groups in total. The van der Waals surface area contributed by atoms with E-state index in [0.29, 0.717) is 24.1 Å². The SMILES string of the molecule is CCCOc1ccccc1NC(=O)Nc1ccc(F)cc1F. The second-order valence-corrected chi connectivity index (χ2v) is 4.55. The summed E-state index contributed by atoms with van der Waals surface area (Å²) in [5, 5.41) is 4.90. The Morgan fingerprint density at radius 2 is 1.82 bits per heavy atom. The normalized spacial score (nSPS) is 10.1. The Kier molecular flexibility index (Phi) is 5.30. The first-order chi connectivity index (χ1) is 10.6. The summed E-state index contributed by atoms with van der Waals surface area (Å²) in [4.78, 5) is 11.9. The third-order valence-electron chi connectivity index (χ3n) is 2.78. The molecule has 0 saturated heterocycles. The molecule has 2 aromatic carbocycles. The second-order valence-electron chi connectivity index (χ2n) is 4.55. The minimum Gasteiger partial charge on any atom is -0.491 e. The number of amides is 2. The lowest BCUT2D eigenvalue weighted by atomic mass is 10.3. The fourth-order valence-corrected chi connectivity index (χ4v) is 1.77. The zero-order valence-electron chi connectivity index (χ0n) is 12.0. The van der Waals surface area contributed by atoms with E-state index in [-0.39, 0.29) is 5.69 Å². The van der Waals surface area contributed by atoms with Crippen LogP contribution in [0.4, 0.5) is 25.0 Å². The molecular formula is C16H16F2N2O2. The minimum absolute atomic E-state index is 0.106. The van der Waals surface area contributed by atoms with Crippen molar-refractivity contribution in [1.29, 1.82) is 0 Å². The molecule has 0 aliphatic carbocycles. The maximum Gasteiger partial charge on any atom is 0.323 e. The lowest BCUT2D eigenvalue weighted by Crippen LogP contribution is -2.20. The molecule has 0 aliphatic heterocycles. The van der Waals surface area contributed by atoms with Gasteiger partial charge in [-0.15, -0.1) is 0 Å². The number of carbonyl (C=O) groups is 1. The van der Waals surface area contributed by atoms with E-state index in [9.17, 15) is 13.6 Å². The Labute approximate surface area is 127 Å². The van der Waals surface area contributed by atoms with Gasteiger partial charge in [-0.05, 0) is 30.7 Å². The van der Waals surface area contributed by atoms with Crippen molar-refractivity contribution in [3.05, 3.63) is 54.1 Å². The van der Waals surface area contributed by atoms with Gasteiger partial charge in [0.2, 0.25) is 0 Å². The molecule has 0 heterocycles. The highest BCUT2D eigenvalue weighted by Crippen LogP contribution is 2.24. The Hall–Kier alpha value is -2.63. The van der Waals surface area contributed by atoms with Gasteiger partial charge < -0.3 is 15.4 Å². The average molecular weight is 306 g/mol. The van der Waals surface area contributed by atoms with E-state index in [1.54, 1.807) is 24.3 Å². The van der Waals surface area contributed by atoms with Crippen LogP contribution in [-0.4, -0.2) is 12.6 Å². The minimum atomic E-state index is -0.842. The van der Waals surface area contributed by atoms with Crippen molar-refractivity contribution in [2.45, 2.75) is 13.3 Å². The van der Waals surface area contributed by atoms with Gasteiger partial charge in [0.15, 0.2) is 0 Å². The highest BCUT2D eigenvalue weighted by atomic mass is 19.1. The van der Waals surface area contributed by atoms with Gasteiger partial charge in [-0.2, -0.15) is 0 Å². The zero-order valence-corrected chi connectivity index (χ0v) is 12.0. The molecule has 2 rings (SSSR count). The number of benzene rings is 2. The van der Waals surface area contributed by atoms with Crippen LogP contribution in [-0.2, 0) is 0 Å². The van der Waals surface area contributed by atoms with Gasteiger partial charge in [-0.1, -0.05) is 19.1 Å². The number of rotatable bonds is 5. The molecule has 4 nitrogen and oxygen atoms in total. The van der Waals surface area contributed by atoms with Gasteiger partial charge >= 0.3 is 6.03 Å². The number of carbonyl (C=O) groups excluding carboxylic acids is 1. The van der Waals surface area contributed by atoms with Crippen LogP contribution in [0, 0.1) is 11.6 Å². The summed E-state index contributed by atoms with van der Waals surface area (Å²) in [6.07, 6.45) is 0.835. The molecule has 2 amide bonds. The van der Waals surface area contributed by atoms with Crippen LogP contribution in [0.15, 0.2) is 42.5 Å². The highest BCUT2D eigenvalue weighted by molar-refractivity contribution is 6.00. The van der Waals surface area contributed by atoms with Gasteiger partial charge in [-0.25, -0.2) is 13.6 Å². The monoisotopic (exact) mass is 306 g/mol. The number of hydrogen-bond acceptors (Lipinski definition) is 2. The summed E-state index contributed by atoms with van der Waals surface area (Å²) in [5.74, 6) is -1.02. The molecule has 0 fully saturated rings. The van der Waals surface area contributed by atoms with Gasteiger partial charge in [0.05, 0.1) is 18.0 Å². The van der Waals surface area contributed by atoms with Crippen LogP contribution >= 0.6 is 0 Å². The van der Waals surface area contributed by atoms with Crippen LogP contribution in [0.3, 0.4) is 0 Å². The van der Waals surface area contributed by atoms with Crippen molar-refractivity contribution in [1.82, 2.24) is 0 Å². The van der Waals surface area contributed by atoms with Crippen molar-refractivity contribution in [2.75, 3.05) is 17.2 Å². The fourth-order valence-electron chi connectivity index (χ4n) is 1.77. The first-order valence-electron chi connectivity index (χ1n) is 6.85. The number of hydrogen-bond donors (Lipinski definition) is 2. The van der Waals surface area contributed by atoms with E-state index in [1.165, 1.54) is 0 Å². The topological polar surface area (TPSA) is 50.4 Å². The molecule has 0 aliphatic rings. The van der Waals surface area contributed by atoms with Crippen molar-refractivity contribution in [3.8, 4) is 5.75 Å². The molecule has 0 spiro atoms. The fraction of sp³-hybridized carbons (Fsp3) is 0.188. The lowest BCUT2D eigenvalue weighted by Gasteiger charge is -2.13. The number of ether oxygens (including phenoxy) is 1. The number of para-hydroxylation sites is 2. The lowest BCUT2D eigenvalue weighted by molar-refractivity contribution is 0.261. The molecule has 22 heavy (non-hydrogen) atoms. The summed E-state index contributed by atoms with van der Waals surface area (Å²) in [6, 6.07) is 9.21. The van der Waals surface area contributed by atoms with Gasteiger partial charge in [0.1, 0.15) is 17.4 Å². The van der Waals surface area contributed by atoms with Gasteiger partial charge in [0, 0.05) is 6.07 Å². The molecule has 6 heteroatoms. The van der Waals surface area contributed by atoms with Gasteiger partial charge in [-0.3, -0.25) is 0 Å². The van der Waals surface area contributed by atoms with E-state index in [0.717, 1.165) is 18.6 Å². The molecular weight excluding hydrogens is 290 g/mol. The number of nitrogens with one attached hydrogen (secondary N) is 2. The molecule has 0 unspecified atom stereocenters. The molecule has 0 saturated carbocycles. The molecule has 0 radical (unpaired) electrons. The smallest absolute Gasteiger partial charge is 0.323 e. The highest BCUT2D eigenvalue weighted by Gasteiger charge is 2.10. The van der Waals surface area contributed by atoms with E-state index < -0.39 is 17.7 Å². The van der Waals surface area contributed by atoms with Crippen molar-refractivity contribution in [3.63, 3.8) is 0 Å². The number of urea groups is 1. The summed E-state index contributed by atoms with van der Waals surface area (Å²) in [5.41, 5.74) is 0.363. The third kappa shape index (κ3) is 4.18. The standard InChI is InChI=1S/C16H16F2N2O2/c1-2-9-22-15-6-4-3-5-14(15)20-16(21)19-13-8-7-11(17)10-12(13)18/h3-8,10H,2,9H2,1H3,(H2,19,20,21). The van der Waals surface area contributed by atoms with E-state index >= 15 is 0 Å². The molecule has 0 aromatic heterocycles. The maximum absolute atomic E-state index is 13.5. The van der Waals surface area contributed by atoms with Gasteiger partial charge in [0.25, 0.3) is 0 Å². The number of anilines is 2. The van der Waals surface area contributed by atoms with Crippen LogP contribution in [0.1, 0.15) is 13.3 Å². The Morgan fingerprint density at radius 1 is 1.09 bits per heavy atom. The maximum atomic E-state index is 13.5. The van der Waals surface area contributed by atoms with Crippen molar-refractivity contribution in [2.24, 2.45) is 0 Å². The van der Waals surface area contributed by atoms with Crippen LogP contribution in [0.2, 0.25) is 0 Å². The van der Waals surface area contributed by atoms with Crippen LogP contribution in [0.25, 0.3) is 0 Å². The third-order valence-corrected chi connectivity index (χ3v) is 2.78. The first-order valence-corrected chi connectivity index (χ1v) is 6.85. The van der Waals surface area contributed by atoms with E-state index in [2.05, 4.69) is 10.6 Å². The molecule has 0 bridgehead atoms. The van der Waals surface area contributed by atoms with E-state index in [4.69, 9.17) is 4.74 Å². The Balaban J connectivity index is 2.06. The number of halogens is 2. The van der Waals surface area contributed by atoms with E-state index in [1.807, 2.05) is 6.92 Å². The molecule has 116 valence electrons. The van der Waals surface area contributed by atoms with Crippen LogP contribution < -0.4 is 15.4 Å². The predicted octanol–water partition coefficient (Wildman–Crippen LogP) is 4.40. The van der Waals surface area contributed by atoms with Crippen molar-refractivity contribution < 1.29 is 18.3 Å². The second kappa shape index (κ2) is 7.40. The largest absolute Gasteiger partial charge is 0.491 e. The molecule has 0 atom stereocenters. The Bertz CT molecular complexity index is 662. The quantitative estimate of drug-likeness (QED) is 0.860.